The van der Waals surface area contributed by atoms with Crippen molar-refractivity contribution in [2.75, 3.05) is 19.4 Å². The lowest BCUT2D eigenvalue weighted by molar-refractivity contribution is 0.461. The third-order valence-corrected chi connectivity index (χ3v) is 4.43. The second-order valence-electron chi connectivity index (χ2n) is 4.07. The van der Waals surface area contributed by atoms with Crippen molar-refractivity contribution >= 4 is 16.0 Å². The van der Waals surface area contributed by atoms with E-state index in [0.717, 1.165) is 0 Å². The highest BCUT2D eigenvalue weighted by atomic mass is 32.2. The zero-order valence-corrected chi connectivity index (χ0v) is 12.0. The van der Waals surface area contributed by atoms with Gasteiger partial charge in [-0.25, -0.2) is 18.4 Å². The van der Waals surface area contributed by atoms with E-state index in [2.05, 4.69) is 20.3 Å². The van der Waals surface area contributed by atoms with Gasteiger partial charge in [-0.1, -0.05) is 6.07 Å². The normalized spacial score (nSPS) is 11.6. The van der Waals surface area contributed by atoms with E-state index in [1.54, 1.807) is 25.4 Å². The Labute approximate surface area is 117 Å². The smallest absolute Gasteiger partial charge is 0.246 e. The topological polar surface area (TPSA) is 88.1 Å². The van der Waals surface area contributed by atoms with Crippen LogP contribution in [0.4, 0.5) is 5.95 Å². The van der Waals surface area contributed by atoms with Gasteiger partial charge in [-0.3, -0.25) is 4.98 Å². The summed E-state index contributed by atoms with van der Waals surface area (Å²) in [4.78, 5) is 12.0. The predicted molar refractivity (Wildman–Crippen MR) is 74.5 cm³/mol. The van der Waals surface area contributed by atoms with Crippen molar-refractivity contribution in [3.8, 4) is 0 Å². The van der Waals surface area contributed by atoms with Gasteiger partial charge in [0.1, 0.15) is 4.90 Å². The van der Waals surface area contributed by atoms with Crippen molar-refractivity contribution in [2.24, 2.45) is 0 Å². The van der Waals surface area contributed by atoms with Gasteiger partial charge in [-0.15, -0.1) is 0 Å². The Morgan fingerprint density at radius 3 is 2.45 bits per heavy atom. The number of aromatic nitrogens is 3. The molecule has 0 aliphatic carbocycles. The molecule has 0 saturated heterocycles. The molecule has 2 rings (SSSR count). The number of nitrogens with one attached hydrogen (secondary N) is 1. The SMILES string of the molecule is CNc1ncc(S(=O)(=O)N(C)Cc2ccccn2)cn1. The Bertz CT molecular complexity index is 658. The fourth-order valence-electron chi connectivity index (χ4n) is 1.56. The van der Waals surface area contributed by atoms with E-state index in [4.69, 9.17) is 0 Å². The standard InChI is InChI=1S/C12H15N5O2S/c1-13-12-15-7-11(8-16-12)20(18,19)17(2)9-10-5-3-4-6-14-10/h3-8H,9H2,1-2H3,(H,13,15,16). The maximum Gasteiger partial charge on any atom is 0.246 e. The summed E-state index contributed by atoms with van der Waals surface area (Å²) in [7, 11) is -0.462. The van der Waals surface area contributed by atoms with Crippen LogP contribution >= 0.6 is 0 Å². The molecule has 0 aromatic carbocycles. The number of hydrogen-bond donors (Lipinski definition) is 1. The molecule has 0 amide bonds. The van der Waals surface area contributed by atoms with Gasteiger partial charge in [-0.2, -0.15) is 4.31 Å². The molecular formula is C12H15N5O2S. The van der Waals surface area contributed by atoms with E-state index in [0.29, 0.717) is 11.6 Å². The average molecular weight is 293 g/mol. The Hall–Kier alpha value is -2.06. The number of hydrogen-bond acceptors (Lipinski definition) is 6. The third-order valence-electron chi connectivity index (χ3n) is 2.67. The minimum atomic E-state index is -3.62. The van der Waals surface area contributed by atoms with Crippen LogP contribution in [0.15, 0.2) is 41.7 Å². The summed E-state index contributed by atoms with van der Waals surface area (Å²) in [5.41, 5.74) is 0.673. The quantitative estimate of drug-likeness (QED) is 0.874. The summed E-state index contributed by atoms with van der Waals surface area (Å²) in [6.45, 7) is 0.191. The molecule has 0 aliphatic heterocycles. The van der Waals surface area contributed by atoms with E-state index >= 15 is 0 Å². The molecule has 0 saturated carbocycles. The van der Waals surface area contributed by atoms with Crippen molar-refractivity contribution < 1.29 is 8.42 Å². The van der Waals surface area contributed by atoms with Crippen molar-refractivity contribution in [3.63, 3.8) is 0 Å². The minimum Gasteiger partial charge on any atom is -0.357 e. The van der Waals surface area contributed by atoms with E-state index in [1.807, 2.05) is 6.07 Å². The highest BCUT2D eigenvalue weighted by Gasteiger charge is 2.22. The second kappa shape index (κ2) is 5.93. The lowest BCUT2D eigenvalue weighted by atomic mass is 10.3. The first kappa shape index (κ1) is 14.4. The van der Waals surface area contributed by atoms with Crippen LogP contribution in [0, 0.1) is 0 Å². The summed E-state index contributed by atoms with van der Waals surface area (Å²) in [6, 6.07) is 5.36. The number of nitrogens with zero attached hydrogens (tertiary/aromatic N) is 4. The fourth-order valence-corrected chi connectivity index (χ4v) is 2.60. The molecule has 20 heavy (non-hydrogen) atoms. The lowest BCUT2D eigenvalue weighted by Gasteiger charge is -2.16. The highest BCUT2D eigenvalue weighted by molar-refractivity contribution is 7.89. The third kappa shape index (κ3) is 3.09. The molecule has 0 bridgehead atoms. The summed E-state index contributed by atoms with van der Waals surface area (Å²) in [6.07, 6.45) is 4.19. The van der Waals surface area contributed by atoms with Crippen LogP contribution in [0.1, 0.15) is 5.69 Å². The summed E-state index contributed by atoms with van der Waals surface area (Å²) < 4.78 is 25.9. The maximum atomic E-state index is 12.3. The molecule has 2 aromatic heterocycles. The van der Waals surface area contributed by atoms with Gasteiger partial charge < -0.3 is 5.32 Å². The van der Waals surface area contributed by atoms with Crippen LogP contribution in [-0.2, 0) is 16.6 Å². The Morgan fingerprint density at radius 1 is 1.20 bits per heavy atom. The van der Waals surface area contributed by atoms with E-state index in [9.17, 15) is 8.42 Å². The molecule has 8 heteroatoms. The first-order valence-corrected chi connectivity index (χ1v) is 7.34. The van der Waals surface area contributed by atoms with Gasteiger partial charge in [0.15, 0.2) is 0 Å². The van der Waals surface area contributed by atoms with Crippen LogP contribution in [0.25, 0.3) is 0 Å². The van der Waals surface area contributed by atoms with Gasteiger partial charge in [-0.05, 0) is 12.1 Å². The van der Waals surface area contributed by atoms with Crippen molar-refractivity contribution in [3.05, 3.63) is 42.5 Å². The van der Waals surface area contributed by atoms with E-state index in [-0.39, 0.29) is 11.4 Å². The van der Waals surface area contributed by atoms with Crippen molar-refractivity contribution in [1.29, 1.82) is 0 Å². The molecule has 0 atom stereocenters. The molecule has 106 valence electrons. The monoisotopic (exact) mass is 293 g/mol. The molecule has 0 radical (unpaired) electrons. The Balaban J connectivity index is 2.20. The summed E-state index contributed by atoms with van der Waals surface area (Å²) in [5.74, 6) is 0.372. The van der Waals surface area contributed by atoms with Crippen LogP contribution in [-0.4, -0.2) is 41.8 Å². The second-order valence-corrected chi connectivity index (χ2v) is 6.12. The van der Waals surface area contributed by atoms with Crippen LogP contribution < -0.4 is 5.32 Å². The van der Waals surface area contributed by atoms with E-state index < -0.39 is 10.0 Å². The number of rotatable bonds is 5. The van der Waals surface area contributed by atoms with Gasteiger partial charge >= 0.3 is 0 Å². The lowest BCUT2D eigenvalue weighted by Crippen LogP contribution is -2.27. The summed E-state index contributed by atoms with van der Waals surface area (Å²) in [5, 5.41) is 2.73. The maximum absolute atomic E-state index is 12.3. The summed E-state index contributed by atoms with van der Waals surface area (Å²) >= 11 is 0. The number of sulfonamides is 1. The Kier molecular flexibility index (Phi) is 4.26. The van der Waals surface area contributed by atoms with Gasteiger partial charge in [0.05, 0.1) is 24.6 Å². The molecule has 1 N–H and O–H groups in total. The first-order chi connectivity index (χ1) is 9.54. The molecule has 0 unspecified atom stereocenters. The van der Waals surface area contributed by atoms with Gasteiger partial charge in [0, 0.05) is 20.3 Å². The molecule has 2 heterocycles. The van der Waals surface area contributed by atoms with Crippen LogP contribution in [0.3, 0.4) is 0 Å². The predicted octanol–water partition coefficient (Wildman–Crippen LogP) is 0.734. The Morgan fingerprint density at radius 2 is 1.90 bits per heavy atom. The molecule has 7 nitrogen and oxygen atoms in total. The first-order valence-electron chi connectivity index (χ1n) is 5.90. The molecule has 0 aliphatic rings. The van der Waals surface area contributed by atoms with Crippen LogP contribution in [0.5, 0.6) is 0 Å². The molecule has 2 aromatic rings. The van der Waals surface area contributed by atoms with Gasteiger partial charge in [0.2, 0.25) is 16.0 Å². The average Bonchev–Trinajstić information content (AvgIpc) is 2.48. The molecule has 0 spiro atoms. The number of anilines is 1. The molecular weight excluding hydrogens is 278 g/mol. The van der Waals surface area contributed by atoms with Crippen molar-refractivity contribution in [1.82, 2.24) is 19.3 Å². The molecule has 0 fully saturated rings. The highest BCUT2D eigenvalue weighted by Crippen LogP contribution is 2.14. The fraction of sp³-hybridized carbons (Fsp3) is 0.250. The largest absolute Gasteiger partial charge is 0.357 e. The van der Waals surface area contributed by atoms with Crippen LogP contribution in [0.2, 0.25) is 0 Å². The van der Waals surface area contributed by atoms with Gasteiger partial charge in [0.25, 0.3) is 0 Å². The van der Waals surface area contributed by atoms with Crippen molar-refractivity contribution in [2.45, 2.75) is 11.4 Å². The zero-order chi connectivity index (χ0) is 14.6. The van der Waals surface area contributed by atoms with E-state index in [1.165, 1.54) is 23.7 Å². The number of pyridine rings is 1. The minimum absolute atomic E-state index is 0.0509. The zero-order valence-electron chi connectivity index (χ0n) is 11.2.